The lowest BCUT2D eigenvalue weighted by atomic mass is 9.89. The molecule has 0 aromatic carbocycles. The summed E-state index contributed by atoms with van der Waals surface area (Å²) in [6.07, 6.45) is 6.55. The lowest BCUT2D eigenvalue weighted by Gasteiger charge is -2.21. The zero-order chi connectivity index (χ0) is 12.8. The third-order valence-electron chi connectivity index (χ3n) is 3.37. The summed E-state index contributed by atoms with van der Waals surface area (Å²) in [4.78, 5) is 11.4. The zero-order valence-corrected chi connectivity index (χ0v) is 10.8. The SMILES string of the molecule is CCOC(=O)Cc1nnnn1CC1CCCCC1. The number of esters is 1. The molecule has 0 amide bonds. The number of carbonyl (C=O) groups excluding carboxylic acids is 1. The van der Waals surface area contributed by atoms with E-state index in [1.54, 1.807) is 11.6 Å². The summed E-state index contributed by atoms with van der Waals surface area (Å²) in [5.41, 5.74) is 0. The average molecular weight is 252 g/mol. The van der Waals surface area contributed by atoms with Gasteiger partial charge >= 0.3 is 5.97 Å². The van der Waals surface area contributed by atoms with Crippen LogP contribution in [-0.4, -0.2) is 32.8 Å². The van der Waals surface area contributed by atoms with Gasteiger partial charge in [-0.15, -0.1) is 5.10 Å². The molecule has 2 rings (SSSR count). The van der Waals surface area contributed by atoms with Gasteiger partial charge in [-0.2, -0.15) is 0 Å². The normalized spacial score (nSPS) is 16.7. The van der Waals surface area contributed by atoms with Crippen LogP contribution in [0.25, 0.3) is 0 Å². The van der Waals surface area contributed by atoms with E-state index in [9.17, 15) is 4.79 Å². The van der Waals surface area contributed by atoms with Crippen LogP contribution in [0.5, 0.6) is 0 Å². The maximum absolute atomic E-state index is 11.4. The Balaban J connectivity index is 1.92. The van der Waals surface area contributed by atoms with E-state index in [1.165, 1.54) is 32.1 Å². The molecule has 0 aliphatic heterocycles. The van der Waals surface area contributed by atoms with Gasteiger partial charge in [-0.1, -0.05) is 19.3 Å². The molecule has 1 heterocycles. The van der Waals surface area contributed by atoms with Gasteiger partial charge in [-0.05, 0) is 36.1 Å². The quantitative estimate of drug-likeness (QED) is 0.740. The van der Waals surface area contributed by atoms with E-state index in [0.717, 1.165) is 6.54 Å². The molecule has 0 spiro atoms. The van der Waals surface area contributed by atoms with E-state index in [4.69, 9.17) is 4.74 Å². The summed E-state index contributed by atoms with van der Waals surface area (Å²) in [7, 11) is 0. The van der Waals surface area contributed by atoms with Crippen molar-refractivity contribution in [3.8, 4) is 0 Å². The van der Waals surface area contributed by atoms with E-state index in [2.05, 4.69) is 15.5 Å². The highest BCUT2D eigenvalue weighted by Gasteiger charge is 2.18. The molecule has 1 aliphatic carbocycles. The second kappa shape index (κ2) is 6.47. The number of rotatable bonds is 5. The van der Waals surface area contributed by atoms with Crippen LogP contribution < -0.4 is 0 Å². The first-order valence-electron chi connectivity index (χ1n) is 6.70. The summed E-state index contributed by atoms with van der Waals surface area (Å²) in [5.74, 6) is 0.986. The zero-order valence-electron chi connectivity index (χ0n) is 10.8. The Morgan fingerprint density at radius 2 is 2.17 bits per heavy atom. The molecule has 1 aromatic rings. The van der Waals surface area contributed by atoms with Crippen molar-refractivity contribution in [2.24, 2.45) is 5.92 Å². The van der Waals surface area contributed by atoms with Gasteiger partial charge in [0.1, 0.15) is 6.42 Å². The molecule has 0 unspecified atom stereocenters. The van der Waals surface area contributed by atoms with E-state index in [-0.39, 0.29) is 12.4 Å². The lowest BCUT2D eigenvalue weighted by Crippen LogP contribution is -2.19. The maximum atomic E-state index is 11.4. The first kappa shape index (κ1) is 13.0. The minimum absolute atomic E-state index is 0.160. The summed E-state index contributed by atoms with van der Waals surface area (Å²) in [6, 6.07) is 0. The molecule has 1 aromatic heterocycles. The average Bonchev–Trinajstić information content (AvgIpc) is 2.78. The van der Waals surface area contributed by atoms with Gasteiger partial charge in [0.15, 0.2) is 5.82 Å². The number of tetrazole rings is 1. The summed E-state index contributed by atoms with van der Waals surface area (Å²) in [5, 5.41) is 11.5. The fraction of sp³-hybridized carbons (Fsp3) is 0.833. The van der Waals surface area contributed by atoms with Crippen LogP contribution in [0.1, 0.15) is 44.9 Å². The standard InChI is InChI=1S/C12H20N4O2/c1-2-18-12(17)8-11-13-14-15-16(11)9-10-6-4-3-5-7-10/h10H,2-9H2,1H3. The smallest absolute Gasteiger partial charge is 0.313 e. The molecular formula is C12H20N4O2. The van der Waals surface area contributed by atoms with Crippen LogP contribution in [-0.2, 0) is 22.5 Å². The van der Waals surface area contributed by atoms with Crippen molar-refractivity contribution >= 4 is 5.97 Å². The highest BCUT2D eigenvalue weighted by Crippen LogP contribution is 2.24. The number of nitrogens with zero attached hydrogens (tertiary/aromatic N) is 4. The topological polar surface area (TPSA) is 69.9 Å². The number of carbonyl (C=O) groups is 1. The Morgan fingerprint density at radius 3 is 2.89 bits per heavy atom. The van der Waals surface area contributed by atoms with Gasteiger partial charge in [-0.25, -0.2) is 4.68 Å². The number of hydrogen-bond acceptors (Lipinski definition) is 5. The molecule has 18 heavy (non-hydrogen) atoms. The summed E-state index contributed by atoms with van der Waals surface area (Å²) in [6.45, 7) is 3.01. The predicted octanol–water partition coefficient (Wildman–Crippen LogP) is 1.36. The Kier molecular flexibility index (Phi) is 4.66. The Hall–Kier alpha value is -1.46. The molecule has 0 atom stereocenters. The molecule has 0 bridgehead atoms. The van der Waals surface area contributed by atoms with Gasteiger partial charge in [0.25, 0.3) is 0 Å². The van der Waals surface area contributed by atoms with Crippen molar-refractivity contribution in [3.63, 3.8) is 0 Å². The first-order valence-corrected chi connectivity index (χ1v) is 6.70. The van der Waals surface area contributed by atoms with Crippen LogP contribution in [0.15, 0.2) is 0 Å². The summed E-state index contributed by atoms with van der Waals surface area (Å²) >= 11 is 0. The van der Waals surface area contributed by atoms with Crippen LogP contribution in [0.4, 0.5) is 0 Å². The van der Waals surface area contributed by atoms with E-state index < -0.39 is 0 Å². The van der Waals surface area contributed by atoms with Gasteiger partial charge < -0.3 is 4.74 Å². The van der Waals surface area contributed by atoms with Crippen molar-refractivity contribution in [2.75, 3.05) is 6.61 Å². The Labute approximate surface area is 107 Å². The molecular weight excluding hydrogens is 232 g/mol. The molecule has 0 saturated heterocycles. The number of aromatic nitrogens is 4. The second-order valence-corrected chi connectivity index (χ2v) is 4.76. The van der Waals surface area contributed by atoms with Crippen molar-refractivity contribution in [1.82, 2.24) is 20.2 Å². The molecule has 1 saturated carbocycles. The lowest BCUT2D eigenvalue weighted by molar-refractivity contribution is -0.142. The van der Waals surface area contributed by atoms with Crippen molar-refractivity contribution in [1.29, 1.82) is 0 Å². The molecule has 100 valence electrons. The first-order chi connectivity index (χ1) is 8.79. The minimum Gasteiger partial charge on any atom is -0.466 e. The minimum atomic E-state index is -0.266. The molecule has 0 radical (unpaired) electrons. The monoisotopic (exact) mass is 252 g/mol. The highest BCUT2D eigenvalue weighted by atomic mass is 16.5. The van der Waals surface area contributed by atoms with Crippen LogP contribution in [0, 0.1) is 5.92 Å². The van der Waals surface area contributed by atoms with E-state index in [0.29, 0.717) is 18.3 Å². The summed E-state index contributed by atoms with van der Waals surface area (Å²) < 4.78 is 6.67. The fourth-order valence-electron chi connectivity index (χ4n) is 2.45. The Bertz CT molecular complexity index is 385. The maximum Gasteiger partial charge on any atom is 0.313 e. The van der Waals surface area contributed by atoms with Crippen molar-refractivity contribution in [3.05, 3.63) is 5.82 Å². The van der Waals surface area contributed by atoms with Gasteiger partial charge in [0, 0.05) is 6.54 Å². The van der Waals surface area contributed by atoms with E-state index >= 15 is 0 Å². The highest BCUT2D eigenvalue weighted by molar-refractivity contribution is 5.71. The predicted molar refractivity (Wildman–Crippen MR) is 64.7 cm³/mol. The van der Waals surface area contributed by atoms with Crippen LogP contribution in [0.3, 0.4) is 0 Å². The van der Waals surface area contributed by atoms with E-state index in [1.807, 2.05) is 0 Å². The van der Waals surface area contributed by atoms with Gasteiger partial charge in [-0.3, -0.25) is 4.79 Å². The van der Waals surface area contributed by atoms with Gasteiger partial charge in [0.2, 0.25) is 0 Å². The number of hydrogen-bond donors (Lipinski definition) is 0. The number of ether oxygens (including phenoxy) is 1. The van der Waals surface area contributed by atoms with Crippen molar-refractivity contribution < 1.29 is 9.53 Å². The molecule has 1 fully saturated rings. The third kappa shape index (κ3) is 3.51. The van der Waals surface area contributed by atoms with Crippen LogP contribution >= 0.6 is 0 Å². The molecule has 6 nitrogen and oxygen atoms in total. The Morgan fingerprint density at radius 1 is 1.39 bits per heavy atom. The molecule has 1 aliphatic rings. The molecule has 0 N–H and O–H groups in total. The molecule has 6 heteroatoms. The van der Waals surface area contributed by atoms with Crippen LogP contribution in [0.2, 0.25) is 0 Å². The largest absolute Gasteiger partial charge is 0.466 e. The third-order valence-corrected chi connectivity index (χ3v) is 3.37. The fourth-order valence-corrected chi connectivity index (χ4v) is 2.45. The van der Waals surface area contributed by atoms with Gasteiger partial charge in [0.05, 0.1) is 6.61 Å². The van der Waals surface area contributed by atoms with Crippen molar-refractivity contribution in [2.45, 2.75) is 52.0 Å². The second-order valence-electron chi connectivity index (χ2n) is 4.76.